The molecule has 0 aliphatic heterocycles. The van der Waals surface area contributed by atoms with E-state index < -0.39 is 11.1 Å². The fourth-order valence-corrected chi connectivity index (χ4v) is 3.36. The van der Waals surface area contributed by atoms with Crippen molar-refractivity contribution in [3.63, 3.8) is 0 Å². The standard InChI is InChI=1S/C14H10BrN3O2S2/c15-12-3-1-10(2-4-12)9-20-22(19)14-17-13(18-21-14)11-5-7-16-8-6-11/h1-8H,9H2. The van der Waals surface area contributed by atoms with Gasteiger partial charge in [-0.3, -0.25) is 9.17 Å². The molecule has 0 radical (unpaired) electrons. The van der Waals surface area contributed by atoms with Crippen molar-refractivity contribution >= 4 is 38.5 Å². The molecule has 0 N–H and O–H groups in total. The van der Waals surface area contributed by atoms with Crippen LogP contribution in [0.3, 0.4) is 0 Å². The van der Waals surface area contributed by atoms with E-state index in [9.17, 15) is 4.21 Å². The number of benzene rings is 1. The number of nitrogens with zero attached hydrogens (tertiary/aromatic N) is 3. The van der Waals surface area contributed by atoms with E-state index in [0.29, 0.717) is 10.2 Å². The first-order valence-corrected chi connectivity index (χ1v) is 8.90. The van der Waals surface area contributed by atoms with E-state index in [2.05, 4.69) is 30.3 Å². The highest BCUT2D eigenvalue weighted by Gasteiger charge is 2.13. The molecule has 1 unspecified atom stereocenters. The van der Waals surface area contributed by atoms with Gasteiger partial charge in [0, 0.05) is 22.4 Å². The summed E-state index contributed by atoms with van der Waals surface area (Å²) in [5, 5.41) is 0. The normalized spacial score (nSPS) is 12.2. The summed E-state index contributed by atoms with van der Waals surface area (Å²) in [6.07, 6.45) is 3.33. The van der Waals surface area contributed by atoms with Crippen molar-refractivity contribution in [1.82, 2.24) is 14.3 Å². The second-order valence-electron chi connectivity index (χ2n) is 4.24. The molecule has 22 heavy (non-hydrogen) atoms. The maximum atomic E-state index is 12.1. The SMILES string of the molecule is O=S(OCc1ccc(Br)cc1)c1nc(-c2ccncc2)ns1. The second kappa shape index (κ2) is 7.19. The lowest BCUT2D eigenvalue weighted by Crippen LogP contribution is -1.98. The van der Waals surface area contributed by atoms with Gasteiger partial charge in [0.1, 0.15) is 0 Å². The highest BCUT2D eigenvalue weighted by Crippen LogP contribution is 2.20. The summed E-state index contributed by atoms with van der Waals surface area (Å²) in [4.78, 5) is 8.20. The summed E-state index contributed by atoms with van der Waals surface area (Å²) in [6, 6.07) is 11.2. The number of pyridine rings is 1. The average molecular weight is 396 g/mol. The Morgan fingerprint density at radius 2 is 1.86 bits per heavy atom. The van der Waals surface area contributed by atoms with Gasteiger partial charge in [0.2, 0.25) is 15.4 Å². The zero-order valence-electron chi connectivity index (χ0n) is 11.2. The molecule has 0 aliphatic carbocycles. The van der Waals surface area contributed by atoms with Crippen LogP contribution in [0.25, 0.3) is 11.4 Å². The first kappa shape index (κ1) is 15.4. The van der Waals surface area contributed by atoms with Gasteiger partial charge in [-0.05, 0) is 41.4 Å². The lowest BCUT2D eigenvalue weighted by atomic mass is 10.2. The summed E-state index contributed by atoms with van der Waals surface area (Å²) >= 11 is 2.82. The summed E-state index contributed by atoms with van der Waals surface area (Å²) in [5.41, 5.74) is 1.78. The summed E-state index contributed by atoms with van der Waals surface area (Å²) < 4.78 is 23.0. The van der Waals surface area contributed by atoms with Crippen LogP contribution in [0.2, 0.25) is 0 Å². The summed E-state index contributed by atoms with van der Waals surface area (Å²) in [6.45, 7) is 0.254. The Morgan fingerprint density at radius 1 is 1.14 bits per heavy atom. The predicted molar refractivity (Wildman–Crippen MR) is 88.5 cm³/mol. The molecule has 0 amide bonds. The third-order valence-electron chi connectivity index (χ3n) is 2.73. The maximum absolute atomic E-state index is 12.1. The van der Waals surface area contributed by atoms with Crippen LogP contribution in [0.5, 0.6) is 0 Å². The Bertz CT molecular complexity index is 778. The molecule has 5 nitrogen and oxygen atoms in total. The lowest BCUT2D eigenvalue weighted by Gasteiger charge is -2.01. The number of rotatable bonds is 5. The minimum Gasteiger partial charge on any atom is -0.280 e. The van der Waals surface area contributed by atoms with Gasteiger partial charge >= 0.3 is 0 Å². The Hall–Kier alpha value is -1.48. The van der Waals surface area contributed by atoms with Crippen molar-refractivity contribution in [2.75, 3.05) is 0 Å². The molecule has 3 rings (SSSR count). The molecular weight excluding hydrogens is 386 g/mol. The van der Waals surface area contributed by atoms with Gasteiger partial charge in [0.05, 0.1) is 6.61 Å². The van der Waals surface area contributed by atoms with Crippen LogP contribution in [0.1, 0.15) is 5.56 Å². The number of hydrogen-bond acceptors (Lipinski definition) is 6. The molecule has 0 bridgehead atoms. The summed E-state index contributed by atoms with van der Waals surface area (Å²) in [7, 11) is 0. The smallest absolute Gasteiger partial charge is 0.229 e. The van der Waals surface area contributed by atoms with Crippen LogP contribution in [0, 0.1) is 0 Å². The molecule has 0 saturated carbocycles. The Kier molecular flexibility index (Phi) is 5.04. The molecule has 112 valence electrons. The number of aromatic nitrogens is 3. The number of hydrogen-bond donors (Lipinski definition) is 0. The van der Waals surface area contributed by atoms with Crippen LogP contribution in [0.15, 0.2) is 57.6 Å². The maximum Gasteiger partial charge on any atom is 0.229 e. The third kappa shape index (κ3) is 3.83. The van der Waals surface area contributed by atoms with E-state index in [-0.39, 0.29) is 6.61 Å². The Balaban J connectivity index is 1.66. The summed E-state index contributed by atoms with van der Waals surface area (Å²) in [5.74, 6) is 0.531. The highest BCUT2D eigenvalue weighted by atomic mass is 79.9. The topological polar surface area (TPSA) is 65.0 Å². The van der Waals surface area contributed by atoms with Crippen LogP contribution >= 0.6 is 27.5 Å². The van der Waals surface area contributed by atoms with Crippen molar-refractivity contribution in [1.29, 1.82) is 0 Å². The Labute approximate surface area is 142 Å². The predicted octanol–water partition coefficient (Wildman–Crippen LogP) is 3.60. The number of halogens is 1. The van der Waals surface area contributed by atoms with Crippen LogP contribution in [-0.2, 0) is 21.9 Å². The molecular formula is C14H10BrN3O2S2. The third-order valence-corrected chi connectivity index (χ3v) is 5.11. The molecule has 1 aromatic carbocycles. The van der Waals surface area contributed by atoms with Crippen LogP contribution in [-0.4, -0.2) is 18.6 Å². The molecule has 3 aromatic rings. The molecule has 2 aromatic heterocycles. The van der Waals surface area contributed by atoms with Gasteiger partial charge in [-0.2, -0.15) is 4.37 Å². The van der Waals surface area contributed by atoms with Crippen LogP contribution in [0.4, 0.5) is 0 Å². The molecule has 1 atom stereocenters. The average Bonchev–Trinajstić information content (AvgIpc) is 3.05. The van der Waals surface area contributed by atoms with E-state index in [1.165, 1.54) is 0 Å². The zero-order chi connectivity index (χ0) is 15.4. The molecule has 0 fully saturated rings. The molecule has 0 aliphatic rings. The fraction of sp³-hybridized carbons (Fsp3) is 0.0714. The van der Waals surface area contributed by atoms with Gasteiger partial charge in [0.15, 0.2) is 5.82 Å². The van der Waals surface area contributed by atoms with E-state index >= 15 is 0 Å². The minimum atomic E-state index is -1.62. The minimum absolute atomic E-state index is 0.254. The van der Waals surface area contributed by atoms with E-state index in [0.717, 1.165) is 27.1 Å². The first-order chi connectivity index (χ1) is 10.7. The van der Waals surface area contributed by atoms with Crippen LogP contribution < -0.4 is 0 Å². The largest absolute Gasteiger partial charge is 0.280 e. The van der Waals surface area contributed by atoms with Crippen molar-refractivity contribution in [2.45, 2.75) is 10.9 Å². The highest BCUT2D eigenvalue weighted by molar-refractivity contribution is 9.10. The lowest BCUT2D eigenvalue weighted by molar-refractivity contribution is 0.337. The van der Waals surface area contributed by atoms with Gasteiger partial charge in [-0.15, -0.1) is 0 Å². The van der Waals surface area contributed by atoms with Crippen molar-refractivity contribution < 1.29 is 8.39 Å². The van der Waals surface area contributed by atoms with Crippen molar-refractivity contribution in [3.05, 3.63) is 58.8 Å². The quantitative estimate of drug-likeness (QED) is 0.660. The monoisotopic (exact) mass is 395 g/mol. The van der Waals surface area contributed by atoms with Crippen molar-refractivity contribution in [3.8, 4) is 11.4 Å². The van der Waals surface area contributed by atoms with E-state index in [1.54, 1.807) is 24.5 Å². The molecule has 2 heterocycles. The first-order valence-electron chi connectivity index (χ1n) is 6.26. The van der Waals surface area contributed by atoms with E-state index in [4.69, 9.17) is 4.18 Å². The van der Waals surface area contributed by atoms with Gasteiger partial charge in [-0.25, -0.2) is 9.19 Å². The molecule has 0 spiro atoms. The van der Waals surface area contributed by atoms with Crippen molar-refractivity contribution in [2.24, 2.45) is 0 Å². The second-order valence-corrected chi connectivity index (χ2v) is 7.26. The molecule has 8 heteroatoms. The molecule has 0 saturated heterocycles. The van der Waals surface area contributed by atoms with Gasteiger partial charge in [-0.1, -0.05) is 28.1 Å². The van der Waals surface area contributed by atoms with E-state index in [1.807, 2.05) is 24.3 Å². The van der Waals surface area contributed by atoms with Gasteiger partial charge < -0.3 is 0 Å². The Morgan fingerprint density at radius 3 is 2.59 bits per heavy atom. The fourth-order valence-electron chi connectivity index (χ4n) is 1.65. The van der Waals surface area contributed by atoms with Gasteiger partial charge in [0.25, 0.3) is 0 Å². The zero-order valence-corrected chi connectivity index (χ0v) is 14.4.